The molecule has 1 aromatic rings. The van der Waals surface area contributed by atoms with Crippen molar-refractivity contribution in [3.63, 3.8) is 0 Å². The van der Waals surface area contributed by atoms with Gasteiger partial charge in [0, 0.05) is 12.1 Å². The third kappa shape index (κ3) is 3.50. The van der Waals surface area contributed by atoms with Gasteiger partial charge < -0.3 is 9.84 Å². The van der Waals surface area contributed by atoms with Gasteiger partial charge in [0.05, 0.1) is 24.8 Å². The summed E-state index contributed by atoms with van der Waals surface area (Å²) in [6, 6.07) is 7.72. The van der Waals surface area contributed by atoms with Crippen LogP contribution < -0.4 is 4.74 Å². The largest absolute Gasteiger partial charge is 0.496 e. The number of hydrogen-bond acceptors (Lipinski definition) is 4. The van der Waals surface area contributed by atoms with E-state index in [1.165, 1.54) is 0 Å². The Morgan fingerprint density at radius 1 is 1.45 bits per heavy atom. The maximum atomic E-state index is 9.62. The zero-order valence-electron chi connectivity index (χ0n) is 12.2. The van der Waals surface area contributed by atoms with Crippen molar-refractivity contribution in [3.8, 4) is 11.8 Å². The lowest BCUT2D eigenvalue weighted by molar-refractivity contribution is 0.0693. The van der Waals surface area contributed by atoms with Gasteiger partial charge in [-0.2, -0.15) is 5.26 Å². The van der Waals surface area contributed by atoms with Crippen molar-refractivity contribution in [2.75, 3.05) is 20.2 Å². The van der Waals surface area contributed by atoms with Gasteiger partial charge in [-0.3, -0.25) is 4.90 Å². The van der Waals surface area contributed by atoms with Crippen molar-refractivity contribution in [2.45, 2.75) is 32.4 Å². The predicted octanol–water partition coefficient (Wildman–Crippen LogP) is 2.16. The number of likely N-dealkylation sites (tertiary alicyclic amines) is 1. The molecule has 1 N–H and O–H groups in total. The summed E-state index contributed by atoms with van der Waals surface area (Å²) in [5.41, 5.74) is 1.74. The van der Waals surface area contributed by atoms with E-state index >= 15 is 0 Å². The standard InChI is InChI=1S/C16H22N2O2/c1-12(19)14-5-7-18(8-6-14)11-15-4-3-13(10-17)9-16(15)20-2/h3-4,9,12,14,19H,5-8,11H2,1-2H3. The summed E-state index contributed by atoms with van der Waals surface area (Å²) in [7, 11) is 1.64. The topological polar surface area (TPSA) is 56.5 Å². The minimum Gasteiger partial charge on any atom is -0.496 e. The lowest BCUT2D eigenvalue weighted by Crippen LogP contribution is -2.36. The van der Waals surface area contributed by atoms with E-state index in [0.717, 1.165) is 43.8 Å². The zero-order valence-corrected chi connectivity index (χ0v) is 12.2. The summed E-state index contributed by atoms with van der Waals surface area (Å²) in [4.78, 5) is 2.38. The molecule has 0 aromatic heterocycles. The monoisotopic (exact) mass is 274 g/mol. The molecule has 1 heterocycles. The maximum absolute atomic E-state index is 9.62. The molecular weight excluding hydrogens is 252 g/mol. The Kier molecular flexibility index (Phi) is 4.99. The number of hydrogen-bond donors (Lipinski definition) is 1. The molecule has 1 aliphatic rings. The van der Waals surface area contributed by atoms with Gasteiger partial charge in [-0.05, 0) is 50.9 Å². The second-order valence-corrected chi connectivity index (χ2v) is 5.49. The summed E-state index contributed by atoms with van der Waals surface area (Å²) in [6.07, 6.45) is 1.87. The van der Waals surface area contributed by atoms with E-state index in [1.807, 2.05) is 19.1 Å². The number of piperidine rings is 1. The number of methoxy groups -OCH3 is 1. The van der Waals surface area contributed by atoms with Gasteiger partial charge in [-0.25, -0.2) is 0 Å². The third-order valence-electron chi connectivity index (χ3n) is 4.12. The van der Waals surface area contributed by atoms with Gasteiger partial charge in [0.2, 0.25) is 0 Å². The Hall–Kier alpha value is -1.57. The summed E-state index contributed by atoms with van der Waals surface area (Å²) in [5, 5.41) is 18.5. The first-order valence-corrected chi connectivity index (χ1v) is 7.11. The normalized spacial score (nSPS) is 18.5. The van der Waals surface area contributed by atoms with Crippen molar-refractivity contribution in [1.29, 1.82) is 5.26 Å². The molecule has 4 nitrogen and oxygen atoms in total. The zero-order chi connectivity index (χ0) is 14.5. The Balaban J connectivity index is 1.99. The number of nitrogens with zero attached hydrogens (tertiary/aromatic N) is 2. The van der Waals surface area contributed by atoms with Gasteiger partial charge in [0.1, 0.15) is 5.75 Å². The van der Waals surface area contributed by atoms with Crippen LogP contribution in [0.1, 0.15) is 30.9 Å². The second-order valence-electron chi connectivity index (χ2n) is 5.49. The van der Waals surface area contributed by atoms with E-state index < -0.39 is 0 Å². The molecule has 1 fully saturated rings. The van der Waals surface area contributed by atoms with Gasteiger partial charge >= 0.3 is 0 Å². The number of rotatable bonds is 4. The number of aliphatic hydroxyl groups is 1. The molecule has 0 radical (unpaired) electrons. The Labute approximate surface area is 120 Å². The average molecular weight is 274 g/mol. The van der Waals surface area contributed by atoms with Crippen LogP contribution in [-0.4, -0.2) is 36.3 Å². The molecule has 1 unspecified atom stereocenters. The lowest BCUT2D eigenvalue weighted by Gasteiger charge is -2.33. The number of nitriles is 1. The molecule has 1 atom stereocenters. The van der Waals surface area contributed by atoms with Gasteiger partial charge in [0.15, 0.2) is 0 Å². The summed E-state index contributed by atoms with van der Waals surface area (Å²) >= 11 is 0. The smallest absolute Gasteiger partial charge is 0.124 e. The van der Waals surface area contributed by atoms with Crippen LogP contribution in [0.2, 0.25) is 0 Å². The fourth-order valence-corrected chi connectivity index (χ4v) is 2.78. The van der Waals surface area contributed by atoms with E-state index in [1.54, 1.807) is 13.2 Å². The Morgan fingerprint density at radius 3 is 2.70 bits per heavy atom. The van der Waals surface area contributed by atoms with Crippen LogP contribution in [0.15, 0.2) is 18.2 Å². The molecule has 108 valence electrons. The van der Waals surface area contributed by atoms with Crippen LogP contribution in [0.5, 0.6) is 5.75 Å². The first kappa shape index (κ1) is 14.8. The van der Waals surface area contributed by atoms with Crippen LogP contribution >= 0.6 is 0 Å². The van der Waals surface area contributed by atoms with Crippen LogP contribution in [-0.2, 0) is 6.54 Å². The van der Waals surface area contributed by atoms with Crippen molar-refractivity contribution in [2.24, 2.45) is 5.92 Å². The van der Waals surface area contributed by atoms with E-state index in [0.29, 0.717) is 11.5 Å². The van der Waals surface area contributed by atoms with Crippen molar-refractivity contribution < 1.29 is 9.84 Å². The molecule has 2 rings (SSSR count). The molecule has 1 saturated heterocycles. The van der Waals surface area contributed by atoms with E-state index in [2.05, 4.69) is 11.0 Å². The highest BCUT2D eigenvalue weighted by molar-refractivity contribution is 5.42. The molecule has 1 aromatic carbocycles. The fraction of sp³-hybridized carbons (Fsp3) is 0.562. The highest BCUT2D eigenvalue weighted by atomic mass is 16.5. The summed E-state index contributed by atoms with van der Waals surface area (Å²) in [5.74, 6) is 1.20. The third-order valence-corrected chi connectivity index (χ3v) is 4.12. The molecule has 1 aliphatic heterocycles. The minimum atomic E-state index is -0.207. The van der Waals surface area contributed by atoms with Gasteiger partial charge in [-0.1, -0.05) is 6.07 Å². The van der Waals surface area contributed by atoms with Crippen molar-refractivity contribution in [1.82, 2.24) is 4.90 Å². The predicted molar refractivity (Wildman–Crippen MR) is 77.4 cm³/mol. The maximum Gasteiger partial charge on any atom is 0.124 e. The molecule has 0 saturated carbocycles. The van der Waals surface area contributed by atoms with E-state index in [-0.39, 0.29) is 6.10 Å². The Bertz CT molecular complexity index is 486. The van der Waals surface area contributed by atoms with Crippen LogP contribution in [0.25, 0.3) is 0 Å². The van der Waals surface area contributed by atoms with Crippen molar-refractivity contribution in [3.05, 3.63) is 29.3 Å². The molecule has 4 heteroatoms. The minimum absolute atomic E-state index is 0.207. The second kappa shape index (κ2) is 6.74. The van der Waals surface area contributed by atoms with E-state index in [4.69, 9.17) is 10.00 Å². The van der Waals surface area contributed by atoms with Crippen LogP contribution in [0.3, 0.4) is 0 Å². The SMILES string of the molecule is COc1cc(C#N)ccc1CN1CCC(C(C)O)CC1. The molecule has 20 heavy (non-hydrogen) atoms. The van der Waals surface area contributed by atoms with Crippen LogP contribution in [0.4, 0.5) is 0 Å². The number of benzene rings is 1. The molecule has 0 bridgehead atoms. The van der Waals surface area contributed by atoms with Gasteiger partial charge in [0.25, 0.3) is 0 Å². The highest BCUT2D eigenvalue weighted by Crippen LogP contribution is 2.25. The summed E-state index contributed by atoms with van der Waals surface area (Å²) in [6.45, 7) is 4.71. The molecule has 0 amide bonds. The van der Waals surface area contributed by atoms with Crippen molar-refractivity contribution >= 4 is 0 Å². The first-order chi connectivity index (χ1) is 9.63. The fourth-order valence-electron chi connectivity index (χ4n) is 2.78. The van der Waals surface area contributed by atoms with Gasteiger partial charge in [-0.15, -0.1) is 0 Å². The molecule has 0 aliphatic carbocycles. The quantitative estimate of drug-likeness (QED) is 0.914. The average Bonchev–Trinajstić information content (AvgIpc) is 2.48. The highest BCUT2D eigenvalue weighted by Gasteiger charge is 2.23. The van der Waals surface area contributed by atoms with Crippen LogP contribution in [0, 0.1) is 17.2 Å². The Morgan fingerprint density at radius 2 is 2.15 bits per heavy atom. The summed E-state index contributed by atoms with van der Waals surface area (Å²) < 4.78 is 5.37. The lowest BCUT2D eigenvalue weighted by atomic mass is 9.92. The molecular formula is C16H22N2O2. The van der Waals surface area contributed by atoms with E-state index in [9.17, 15) is 5.11 Å². The first-order valence-electron chi connectivity index (χ1n) is 7.11. The molecule has 0 spiro atoms. The number of ether oxygens (including phenoxy) is 1. The number of aliphatic hydroxyl groups excluding tert-OH is 1.